The van der Waals surface area contributed by atoms with Crippen molar-refractivity contribution in [3.63, 3.8) is 0 Å². The molecule has 1 atom stereocenters. The van der Waals surface area contributed by atoms with Crippen molar-refractivity contribution in [1.29, 1.82) is 0 Å². The summed E-state index contributed by atoms with van der Waals surface area (Å²) < 4.78 is 6.25. The van der Waals surface area contributed by atoms with E-state index >= 15 is 0 Å². The third-order valence-electron chi connectivity index (χ3n) is 5.84. The molecule has 1 unspecified atom stereocenters. The Labute approximate surface area is 174 Å². The van der Waals surface area contributed by atoms with Crippen LogP contribution in [0.3, 0.4) is 0 Å². The number of para-hydroxylation sites is 2. The van der Waals surface area contributed by atoms with E-state index in [1.807, 2.05) is 60.4 Å². The normalized spacial score (nSPS) is 15.4. The van der Waals surface area contributed by atoms with Gasteiger partial charge in [0.05, 0.1) is 10.9 Å². The van der Waals surface area contributed by atoms with E-state index in [1.54, 1.807) is 25.1 Å². The van der Waals surface area contributed by atoms with Gasteiger partial charge in [-0.05, 0) is 44.0 Å². The molecule has 148 valence electrons. The zero-order chi connectivity index (χ0) is 20.8. The highest BCUT2D eigenvalue weighted by molar-refractivity contribution is 6.13. The van der Waals surface area contributed by atoms with Gasteiger partial charge in [0.2, 0.25) is 0 Å². The summed E-state index contributed by atoms with van der Waals surface area (Å²) in [7, 11) is 0. The van der Waals surface area contributed by atoms with Crippen molar-refractivity contribution in [1.82, 2.24) is 0 Å². The van der Waals surface area contributed by atoms with Crippen molar-refractivity contribution in [2.24, 2.45) is 0 Å². The first-order valence-corrected chi connectivity index (χ1v) is 10.1. The molecule has 1 aliphatic rings. The van der Waals surface area contributed by atoms with Crippen LogP contribution in [-0.4, -0.2) is 11.9 Å². The first kappa shape index (κ1) is 18.4. The number of benzene rings is 3. The number of carbonyl (C=O) groups excluding carboxylic acids is 1. The minimum atomic E-state index is -0.149. The molecule has 5 rings (SSSR count). The number of nitrogens with zero attached hydrogens (tertiary/aromatic N) is 1. The topological polar surface area (TPSA) is 50.5 Å². The maximum atomic E-state index is 13.6. The molecule has 0 saturated heterocycles. The van der Waals surface area contributed by atoms with Crippen LogP contribution < -0.4 is 10.3 Å². The van der Waals surface area contributed by atoms with Crippen LogP contribution in [0, 0.1) is 6.92 Å². The minimum Gasteiger partial charge on any atom is -0.455 e. The van der Waals surface area contributed by atoms with E-state index in [0.717, 1.165) is 23.2 Å². The second-order valence-corrected chi connectivity index (χ2v) is 7.79. The number of hydrogen-bond donors (Lipinski definition) is 0. The first-order valence-electron chi connectivity index (χ1n) is 10.1. The lowest BCUT2D eigenvalue weighted by Gasteiger charge is -2.23. The van der Waals surface area contributed by atoms with Gasteiger partial charge < -0.3 is 9.32 Å². The Kier molecular flexibility index (Phi) is 4.28. The van der Waals surface area contributed by atoms with Crippen molar-refractivity contribution >= 4 is 22.6 Å². The average Bonchev–Trinajstić information content (AvgIpc) is 3.11. The Morgan fingerprint density at radius 1 is 0.967 bits per heavy atom. The fourth-order valence-electron chi connectivity index (χ4n) is 4.35. The quantitative estimate of drug-likeness (QED) is 0.459. The predicted molar refractivity (Wildman–Crippen MR) is 119 cm³/mol. The van der Waals surface area contributed by atoms with E-state index in [2.05, 4.69) is 6.07 Å². The lowest BCUT2D eigenvalue weighted by atomic mass is 10.0. The minimum absolute atomic E-state index is 0.0379. The molecule has 30 heavy (non-hydrogen) atoms. The number of anilines is 1. The highest BCUT2D eigenvalue weighted by atomic mass is 16.3. The molecule has 4 aromatic rings. The SMILES string of the molecule is Cc1c(-c2ccccc2)oc2c(C(=O)N3c4ccccc4CC3C)cccc2c1=O. The Balaban J connectivity index is 1.72. The van der Waals surface area contributed by atoms with Crippen LogP contribution in [0.5, 0.6) is 0 Å². The van der Waals surface area contributed by atoms with Crippen molar-refractivity contribution in [2.75, 3.05) is 4.90 Å². The maximum absolute atomic E-state index is 13.6. The molecule has 0 radical (unpaired) electrons. The van der Waals surface area contributed by atoms with Crippen LogP contribution in [0.4, 0.5) is 5.69 Å². The van der Waals surface area contributed by atoms with E-state index in [-0.39, 0.29) is 17.4 Å². The molecule has 0 fully saturated rings. The van der Waals surface area contributed by atoms with Gasteiger partial charge in [0.15, 0.2) is 11.0 Å². The first-order chi connectivity index (χ1) is 14.6. The summed E-state index contributed by atoms with van der Waals surface area (Å²) in [5, 5.41) is 0.429. The molecule has 0 spiro atoms. The molecule has 4 nitrogen and oxygen atoms in total. The van der Waals surface area contributed by atoms with Crippen molar-refractivity contribution in [3.8, 4) is 11.3 Å². The maximum Gasteiger partial charge on any atom is 0.262 e. The highest BCUT2D eigenvalue weighted by Gasteiger charge is 2.32. The number of fused-ring (bicyclic) bond motifs is 2. The lowest BCUT2D eigenvalue weighted by Crippen LogP contribution is -2.35. The summed E-state index contributed by atoms with van der Waals surface area (Å²) in [5.74, 6) is 0.354. The summed E-state index contributed by atoms with van der Waals surface area (Å²) in [6, 6.07) is 22.7. The summed E-state index contributed by atoms with van der Waals surface area (Å²) >= 11 is 0. The van der Waals surface area contributed by atoms with Crippen molar-refractivity contribution < 1.29 is 9.21 Å². The molecule has 0 saturated carbocycles. The van der Waals surface area contributed by atoms with Gasteiger partial charge in [-0.2, -0.15) is 0 Å². The Hall–Kier alpha value is -3.66. The Morgan fingerprint density at radius 2 is 1.70 bits per heavy atom. The fourth-order valence-corrected chi connectivity index (χ4v) is 4.35. The summed E-state index contributed by atoms with van der Waals surface area (Å²) in [5.41, 5.74) is 4.07. The molecule has 0 aliphatic carbocycles. The van der Waals surface area contributed by atoms with E-state index in [0.29, 0.717) is 27.9 Å². The molecule has 1 amide bonds. The number of carbonyl (C=O) groups is 1. The third-order valence-corrected chi connectivity index (χ3v) is 5.84. The van der Waals surface area contributed by atoms with Gasteiger partial charge in [-0.1, -0.05) is 54.6 Å². The molecule has 4 heteroatoms. The lowest BCUT2D eigenvalue weighted by molar-refractivity contribution is 0.0982. The molecule has 0 N–H and O–H groups in total. The van der Waals surface area contributed by atoms with Gasteiger partial charge >= 0.3 is 0 Å². The number of amides is 1. The largest absolute Gasteiger partial charge is 0.455 e. The van der Waals surface area contributed by atoms with E-state index < -0.39 is 0 Å². The molecule has 1 aliphatic heterocycles. The molecule has 0 bridgehead atoms. The van der Waals surface area contributed by atoms with Gasteiger partial charge in [-0.15, -0.1) is 0 Å². The molecule has 2 heterocycles. The van der Waals surface area contributed by atoms with Crippen LogP contribution in [-0.2, 0) is 6.42 Å². The zero-order valence-corrected chi connectivity index (χ0v) is 16.9. The zero-order valence-electron chi connectivity index (χ0n) is 16.9. The van der Waals surface area contributed by atoms with E-state index in [9.17, 15) is 9.59 Å². The second-order valence-electron chi connectivity index (χ2n) is 7.79. The van der Waals surface area contributed by atoms with E-state index in [4.69, 9.17) is 4.42 Å². The van der Waals surface area contributed by atoms with Gasteiger partial charge in [-0.3, -0.25) is 9.59 Å². The molecule has 3 aromatic carbocycles. The third kappa shape index (κ3) is 2.76. The van der Waals surface area contributed by atoms with Crippen molar-refractivity contribution in [2.45, 2.75) is 26.3 Å². The van der Waals surface area contributed by atoms with Crippen LogP contribution in [0.2, 0.25) is 0 Å². The summed E-state index contributed by atoms with van der Waals surface area (Å²) in [4.78, 5) is 28.5. The van der Waals surface area contributed by atoms with E-state index in [1.165, 1.54) is 0 Å². The average molecular weight is 395 g/mol. The van der Waals surface area contributed by atoms with Gasteiger partial charge in [0, 0.05) is 22.9 Å². The van der Waals surface area contributed by atoms with Gasteiger partial charge in [0.25, 0.3) is 5.91 Å². The van der Waals surface area contributed by atoms with Crippen LogP contribution in [0.25, 0.3) is 22.3 Å². The Morgan fingerprint density at radius 3 is 2.50 bits per heavy atom. The standard InChI is InChI=1S/C26H21NO3/c1-16-15-19-11-6-7-14-22(19)27(16)26(29)21-13-8-12-20-23(28)17(2)24(30-25(20)21)18-9-4-3-5-10-18/h3-14,16H,15H2,1-2H3. The van der Waals surface area contributed by atoms with Gasteiger partial charge in [-0.25, -0.2) is 0 Å². The fraction of sp³-hybridized carbons (Fsp3) is 0.154. The monoisotopic (exact) mass is 395 g/mol. The predicted octanol–water partition coefficient (Wildman–Crippen LogP) is 5.36. The number of rotatable bonds is 2. The molecule has 1 aromatic heterocycles. The highest BCUT2D eigenvalue weighted by Crippen LogP contribution is 2.35. The Bertz CT molecular complexity index is 1340. The number of hydrogen-bond acceptors (Lipinski definition) is 3. The second kappa shape index (κ2) is 6.99. The van der Waals surface area contributed by atoms with Crippen LogP contribution in [0.15, 0.2) is 82.0 Å². The van der Waals surface area contributed by atoms with Crippen LogP contribution >= 0.6 is 0 Å². The summed E-state index contributed by atoms with van der Waals surface area (Å²) in [6.07, 6.45) is 0.811. The molecular formula is C26H21NO3. The van der Waals surface area contributed by atoms with Crippen LogP contribution in [0.1, 0.15) is 28.4 Å². The summed E-state index contributed by atoms with van der Waals surface area (Å²) in [6.45, 7) is 3.81. The molecular weight excluding hydrogens is 374 g/mol. The smallest absolute Gasteiger partial charge is 0.262 e. The van der Waals surface area contributed by atoms with Gasteiger partial charge in [0.1, 0.15) is 5.76 Å². The van der Waals surface area contributed by atoms with Crippen molar-refractivity contribution in [3.05, 3.63) is 99.7 Å².